The second-order valence-electron chi connectivity index (χ2n) is 3.74. The van der Waals surface area contributed by atoms with Crippen LogP contribution in [0.4, 0.5) is 8.78 Å². The Morgan fingerprint density at radius 3 is 2.06 bits per heavy atom. The Balaban J connectivity index is 0.000000184. The van der Waals surface area contributed by atoms with E-state index >= 15 is 0 Å². The van der Waals surface area contributed by atoms with E-state index in [1.54, 1.807) is 0 Å². The molecular formula is C11H13F2NO4. The standard InChI is InChI=1S/C6H4F2.C5H9NO4/c7-5-1-2-6(8)4-3-5;7-5-2-1-4(3-10-5)6(8)9/h1-4H;4-5,7H,1-3H2. The van der Waals surface area contributed by atoms with E-state index in [-0.39, 0.29) is 11.5 Å². The van der Waals surface area contributed by atoms with Crippen molar-refractivity contribution in [1.82, 2.24) is 0 Å². The van der Waals surface area contributed by atoms with Crippen molar-refractivity contribution in [3.63, 3.8) is 0 Å². The summed E-state index contributed by atoms with van der Waals surface area (Å²) in [4.78, 5) is 9.74. The number of nitrogens with zero attached hydrogens (tertiary/aromatic N) is 1. The van der Waals surface area contributed by atoms with Gasteiger partial charge in [0.2, 0.25) is 6.04 Å². The second-order valence-corrected chi connectivity index (χ2v) is 3.74. The van der Waals surface area contributed by atoms with Gasteiger partial charge < -0.3 is 9.84 Å². The zero-order valence-electron chi connectivity index (χ0n) is 9.46. The number of halogens is 2. The molecule has 2 rings (SSSR count). The molecule has 1 aromatic carbocycles. The van der Waals surface area contributed by atoms with E-state index in [0.29, 0.717) is 12.8 Å². The van der Waals surface area contributed by atoms with Gasteiger partial charge in [-0.3, -0.25) is 10.1 Å². The molecule has 0 aromatic heterocycles. The molecule has 1 N–H and O–H groups in total. The first-order valence-corrected chi connectivity index (χ1v) is 5.33. The van der Waals surface area contributed by atoms with E-state index in [0.717, 1.165) is 24.3 Å². The van der Waals surface area contributed by atoms with Crippen LogP contribution in [0.5, 0.6) is 0 Å². The summed E-state index contributed by atoms with van der Waals surface area (Å²) in [7, 11) is 0. The fourth-order valence-electron chi connectivity index (χ4n) is 1.32. The molecule has 0 aliphatic carbocycles. The highest BCUT2D eigenvalue weighted by atomic mass is 19.1. The topological polar surface area (TPSA) is 72.6 Å². The van der Waals surface area contributed by atoms with Crippen LogP contribution in [-0.4, -0.2) is 29.0 Å². The Kier molecular flexibility index (Phi) is 5.60. The molecule has 2 atom stereocenters. The van der Waals surface area contributed by atoms with Gasteiger partial charge in [0.25, 0.3) is 0 Å². The third-order valence-corrected chi connectivity index (χ3v) is 2.33. The van der Waals surface area contributed by atoms with Crippen molar-refractivity contribution >= 4 is 0 Å². The number of aliphatic hydroxyl groups excluding tert-OH is 1. The molecule has 5 nitrogen and oxygen atoms in total. The predicted molar refractivity (Wildman–Crippen MR) is 58.3 cm³/mol. The lowest BCUT2D eigenvalue weighted by molar-refractivity contribution is -0.534. The smallest absolute Gasteiger partial charge is 0.236 e. The van der Waals surface area contributed by atoms with Gasteiger partial charge in [-0.25, -0.2) is 8.78 Å². The first kappa shape index (κ1) is 14.5. The third-order valence-electron chi connectivity index (χ3n) is 2.33. The quantitative estimate of drug-likeness (QED) is 0.617. The lowest BCUT2D eigenvalue weighted by atomic mass is 10.1. The van der Waals surface area contributed by atoms with Gasteiger partial charge in [0.15, 0.2) is 6.29 Å². The van der Waals surface area contributed by atoms with Crippen LogP contribution in [0.3, 0.4) is 0 Å². The van der Waals surface area contributed by atoms with Crippen LogP contribution in [-0.2, 0) is 4.74 Å². The number of hydrogen-bond acceptors (Lipinski definition) is 4. The van der Waals surface area contributed by atoms with Crippen molar-refractivity contribution < 1.29 is 23.5 Å². The summed E-state index contributed by atoms with van der Waals surface area (Å²) in [6, 6.07) is 3.69. The molecule has 100 valence electrons. The van der Waals surface area contributed by atoms with E-state index in [9.17, 15) is 18.9 Å². The number of nitro groups is 1. The van der Waals surface area contributed by atoms with Crippen LogP contribution < -0.4 is 0 Å². The van der Waals surface area contributed by atoms with Gasteiger partial charge in [0.1, 0.15) is 18.2 Å². The zero-order chi connectivity index (χ0) is 13.5. The fraction of sp³-hybridized carbons (Fsp3) is 0.455. The van der Waals surface area contributed by atoms with E-state index in [4.69, 9.17) is 5.11 Å². The first-order valence-electron chi connectivity index (χ1n) is 5.33. The van der Waals surface area contributed by atoms with Crippen LogP contribution in [0, 0.1) is 21.7 Å². The Labute approximate surface area is 102 Å². The van der Waals surface area contributed by atoms with Gasteiger partial charge in [0, 0.05) is 17.8 Å². The van der Waals surface area contributed by atoms with Crippen molar-refractivity contribution in [3.05, 3.63) is 46.0 Å². The number of ether oxygens (including phenoxy) is 1. The molecule has 0 spiro atoms. The molecule has 2 unspecified atom stereocenters. The predicted octanol–water partition coefficient (Wildman–Crippen LogP) is 1.73. The van der Waals surface area contributed by atoms with E-state index < -0.39 is 24.0 Å². The maximum atomic E-state index is 11.9. The molecule has 1 heterocycles. The molecule has 1 aliphatic heterocycles. The van der Waals surface area contributed by atoms with Crippen LogP contribution >= 0.6 is 0 Å². The molecule has 1 aromatic rings. The Morgan fingerprint density at radius 2 is 1.72 bits per heavy atom. The van der Waals surface area contributed by atoms with Crippen LogP contribution in [0.25, 0.3) is 0 Å². The number of hydrogen-bond donors (Lipinski definition) is 1. The molecule has 1 aliphatic rings. The maximum absolute atomic E-state index is 11.9. The van der Waals surface area contributed by atoms with Crippen molar-refractivity contribution in [3.8, 4) is 0 Å². The second kappa shape index (κ2) is 6.97. The van der Waals surface area contributed by atoms with E-state index in [1.165, 1.54) is 0 Å². The molecular weight excluding hydrogens is 248 g/mol. The third kappa shape index (κ3) is 5.15. The summed E-state index contributed by atoms with van der Waals surface area (Å²) in [6.45, 7) is 0.0359. The van der Waals surface area contributed by atoms with Gasteiger partial charge in [-0.2, -0.15) is 0 Å². The molecule has 0 saturated carbocycles. The minimum Gasteiger partial charge on any atom is -0.368 e. The summed E-state index contributed by atoms with van der Waals surface area (Å²) >= 11 is 0. The molecule has 1 fully saturated rings. The molecule has 0 bridgehead atoms. The highest BCUT2D eigenvalue weighted by Gasteiger charge is 2.27. The van der Waals surface area contributed by atoms with Crippen molar-refractivity contribution in [1.29, 1.82) is 0 Å². The summed E-state index contributed by atoms with van der Waals surface area (Å²) in [5.74, 6) is -0.821. The fourth-order valence-corrected chi connectivity index (χ4v) is 1.32. The highest BCUT2D eigenvalue weighted by molar-refractivity contribution is 5.04. The normalized spacial score (nSPS) is 22.8. The average molecular weight is 261 g/mol. The Hall–Kier alpha value is -1.60. The summed E-state index contributed by atoms with van der Waals surface area (Å²) < 4.78 is 28.5. The van der Waals surface area contributed by atoms with Crippen LogP contribution in [0.2, 0.25) is 0 Å². The molecule has 0 amide bonds. The largest absolute Gasteiger partial charge is 0.368 e. The van der Waals surface area contributed by atoms with Crippen molar-refractivity contribution in [2.45, 2.75) is 25.2 Å². The molecule has 0 radical (unpaired) electrons. The minimum absolute atomic E-state index is 0.0359. The van der Waals surface area contributed by atoms with E-state index in [2.05, 4.69) is 4.74 Å². The number of rotatable bonds is 1. The lowest BCUT2D eigenvalue weighted by Gasteiger charge is -2.19. The van der Waals surface area contributed by atoms with Crippen molar-refractivity contribution in [2.75, 3.05) is 6.61 Å². The average Bonchev–Trinajstić information content (AvgIpc) is 2.34. The molecule has 18 heavy (non-hydrogen) atoms. The SMILES string of the molecule is Fc1ccc(F)cc1.O=[N+]([O-])C1CCC(O)OC1. The first-order chi connectivity index (χ1) is 8.49. The molecule has 7 heteroatoms. The van der Waals surface area contributed by atoms with Crippen LogP contribution in [0.1, 0.15) is 12.8 Å². The van der Waals surface area contributed by atoms with Gasteiger partial charge >= 0.3 is 0 Å². The Morgan fingerprint density at radius 1 is 1.22 bits per heavy atom. The monoisotopic (exact) mass is 261 g/mol. The zero-order valence-corrected chi connectivity index (χ0v) is 9.46. The maximum Gasteiger partial charge on any atom is 0.236 e. The van der Waals surface area contributed by atoms with Gasteiger partial charge in [0.05, 0.1) is 0 Å². The Bertz CT molecular complexity index is 356. The number of benzene rings is 1. The van der Waals surface area contributed by atoms with E-state index in [1.807, 2.05) is 0 Å². The molecule has 1 saturated heterocycles. The van der Waals surface area contributed by atoms with Gasteiger partial charge in [-0.05, 0) is 24.3 Å². The summed E-state index contributed by atoms with van der Waals surface area (Å²) in [5, 5.41) is 18.9. The highest BCUT2D eigenvalue weighted by Crippen LogP contribution is 2.12. The van der Waals surface area contributed by atoms with Gasteiger partial charge in [-0.15, -0.1) is 0 Å². The minimum atomic E-state index is -0.795. The summed E-state index contributed by atoms with van der Waals surface area (Å²) in [5.41, 5.74) is 0. The van der Waals surface area contributed by atoms with Crippen molar-refractivity contribution in [2.24, 2.45) is 0 Å². The van der Waals surface area contributed by atoms with Gasteiger partial charge in [-0.1, -0.05) is 0 Å². The lowest BCUT2D eigenvalue weighted by Crippen LogP contribution is -2.34. The number of aliphatic hydroxyl groups is 1. The summed E-state index contributed by atoms with van der Waals surface area (Å²) in [6.07, 6.45) is -0.0176. The van der Waals surface area contributed by atoms with Crippen LogP contribution in [0.15, 0.2) is 24.3 Å².